The molecule has 0 radical (unpaired) electrons. The Labute approximate surface area is 149 Å². The largest absolute Gasteiger partial charge is 0.481 e. The molecule has 0 aliphatic carbocycles. The van der Waals surface area contributed by atoms with Crippen molar-refractivity contribution in [2.45, 2.75) is 6.42 Å². The van der Waals surface area contributed by atoms with E-state index in [1.54, 1.807) is 10.9 Å². The van der Waals surface area contributed by atoms with E-state index < -0.39 is 5.97 Å². The predicted molar refractivity (Wildman–Crippen MR) is 98.0 cm³/mol. The molecule has 4 rings (SSSR count). The molecule has 3 heterocycles. The molecule has 0 aliphatic heterocycles. The molecule has 0 fully saturated rings. The zero-order valence-corrected chi connectivity index (χ0v) is 14.1. The molecule has 1 aromatic carbocycles. The monoisotopic (exact) mass is 347 g/mol. The van der Waals surface area contributed by atoms with E-state index in [-0.39, 0.29) is 6.42 Å². The predicted octanol–water partition coefficient (Wildman–Crippen LogP) is 3.16. The van der Waals surface area contributed by atoms with Gasteiger partial charge in [0, 0.05) is 37.4 Å². The number of hydrogen-bond donors (Lipinski definition) is 1. The summed E-state index contributed by atoms with van der Waals surface area (Å²) in [6, 6.07) is 15.7. The van der Waals surface area contributed by atoms with Crippen molar-refractivity contribution >= 4 is 28.8 Å². The highest BCUT2D eigenvalue weighted by Crippen LogP contribution is 2.35. The highest BCUT2D eigenvalue weighted by atomic mass is 16.4. The molecule has 0 atom stereocenters. The van der Waals surface area contributed by atoms with Crippen LogP contribution in [0.25, 0.3) is 5.65 Å². The van der Waals surface area contributed by atoms with Crippen LogP contribution < -0.4 is 4.90 Å². The first-order valence-electron chi connectivity index (χ1n) is 8.15. The zero-order chi connectivity index (χ0) is 18.1. The number of para-hydroxylation sites is 1. The molecule has 0 amide bonds. The van der Waals surface area contributed by atoms with Crippen LogP contribution in [-0.4, -0.2) is 30.2 Å². The number of imidazole rings is 1. The SMILES string of the molecule is Cn1ccc(N(c2ccccc2)c2cccn3cc(CC(=O)O)nc23)n1. The second-order valence-electron chi connectivity index (χ2n) is 5.95. The number of hydrogen-bond acceptors (Lipinski definition) is 4. The average Bonchev–Trinajstić information content (AvgIpc) is 3.22. The fraction of sp³-hybridized carbons (Fsp3) is 0.105. The molecule has 0 spiro atoms. The van der Waals surface area contributed by atoms with Gasteiger partial charge < -0.3 is 9.51 Å². The van der Waals surface area contributed by atoms with Crippen LogP contribution in [0.2, 0.25) is 0 Å². The van der Waals surface area contributed by atoms with E-state index in [2.05, 4.69) is 10.1 Å². The molecular formula is C19H17N5O2. The van der Waals surface area contributed by atoms with E-state index in [1.807, 2.05) is 77.3 Å². The lowest BCUT2D eigenvalue weighted by atomic mass is 10.2. The van der Waals surface area contributed by atoms with Gasteiger partial charge in [-0.25, -0.2) is 4.98 Å². The van der Waals surface area contributed by atoms with Crippen LogP contribution in [-0.2, 0) is 18.3 Å². The van der Waals surface area contributed by atoms with Gasteiger partial charge in [0.15, 0.2) is 11.5 Å². The lowest BCUT2D eigenvalue weighted by Gasteiger charge is -2.23. The van der Waals surface area contributed by atoms with Crippen LogP contribution in [0, 0.1) is 0 Å². The zero-order valence-electron chi connectivity index (χ0n) is 14.1. The number of carboxylic acid groups (broad SMARTS) is 1. The Kier molecular flexibility index (Phi) is 3.89. The third kappa shape index (κ3) is 2.90. The summed E-state index contributed by atoms with van der Waals surface area (Å²) in [6.07, 6.45) is 5.37. The fourth-order valence-electron chi connectivity index (χ4n) is 2.96. The number of aromatic nitrogens is 4. The minimum absolute atomic E-state index is 0.115. The Morgan fingerprint density at radius 1 is 1.12 bits per heavy atom. The van der Waals surface area contributed by atoms with E-state index in [4.69, 9.17) is 5.11 Å². The first-order valence-corrected chi connectivity index (χ1v) is 8.15. The molecule has 0 saturated heterocycles. The van der Waals surface area contributed by atoms with Gasteiger partial charge in [-0.2, -0.15) is 5.10 Å². The topological polar surface area (TPSA) is 75.7 Å². The van der Waals surface area contributed by atoms with Crippen molar-refractivity contribution in [1.29, 1.82) is 0 Å². The van der Waals surface area contributed by atoms with Gasteiger partial charge in [-0.3, -0.25) is 14.4 Å². The number of fused-ring (bicyclic) bond motifs is 1. The van der Waals surface area contributed by atoms with Crippen LogP contribution in [0.5, 0.6) is 0 Å². The van der Waals surface area contributed by atoms with Gasteiger partial charge in [-0.1, -0.05) is 18.2 Å². The van der Waals surface area contributed by atoms with E-state index in [0.29, 0.717) is 11.3 Å². The number of anilines is 3. The maximum atomic E-state index is 11.0. The normalized spacial score (nSPS) is 11.0. The second kappa shape index (κ2) is 6.36. The van der Waals surface area contributed by atoms with Crippen molar-refractivity contribution in [2.24, 2.45) is 7.05 Å². The first-order chi connectivity index (χ1) is 12.6. The summed E-state index contributed by atoms with van der Waals surface area (Å²) in [4.78, 5) is 17.6. The lowest BCUT2D eigenvalue weighted by Crippen LogP contribution is -2.12. The molecule has 0 bridgehead atoms. The summed E-state index contributed by atoms with van der Waals surface area (Å²) in [5.74, 6) is -0.144. The fourth-order valence-corrected chi connectivity index (χ4v) is 2.96. The molecule has 0 saturated carbocycles. The summed E-state index contributed by atoms with van der Waals surface area (Å²) < 4.78 is 3.58. The van der Waals surface area contributed by atoms with E-state index in [1.165, 1.54) is 0 Å². The van der Waals surface area contributed by atoms with Crippen molar-refractivity contribution in [3.8, 4) is 0 Å². The molecule has 4 aromatic rings. The number of benzene rings is 1. The quantitative estimate of drug-likeness (QED) is 0.600. The lowest BCUT2D eigenvalue weighted by molar-refractivity contribution is -0.136. The Balaban J connectivity index is 1.91. The van der Waals surface area contributed by atoms with Crippen molar-refractivity contribution in [1.82, 2.24) is 19.2 Å². The average molecular weight is 347 g/mol. The Hall–Kier alpha value is -3.61. The van der Waals surface area contributed by atoms with Crippen LogP contribution in [0.15, 0.2) is 67.1 Å². The smallest absolute Gasteiger partial charge is 0.309 e. The molecule has 0 aliphatic rings. The minimum Gasteiger partial charge on any atom is -0.481 e. The molecule has 1 N–H and O–H groups in total. The van der Waals surface area contributed by atoms with Crippen molar-refractivity contribution in [2.75, 3.05) is 4.90 Å². The second-order valence-corrected chi connectivity index (χ2v) is 5.95. The van der Waals surface area contributed by atoms with E-state index in [0.717, 1.165) is 17.2 Å². The van der Waals surface area contributed by atoms with Gasteiger partial charge in [0.25, 0.3) is 0 Å². The van der Waals surface area contributed by atoms with E-state index >= 15 is 0 Å². The highest BCUT2D eigenvalue weighted by Gasteiger charge is 2.19. The number of carboxylic acids is 1. The Morgan fingerprint density at radius 2 is 1.92 bits per heavy atom. The molecule has 3 aromatic heterocycles. The number of nitrogens with zero attached hydrogens (tertiary/aromatic N) is 5. The summed E-state index contributed by atoms with van der Waals surface area (Å²) >= 11 is 0. The van der Waals surface area contributed by atoms with Gasteiger partial charge in [0.05, 0.1) is 17.8 Å². The first kappa shape index (κ1) is 15.9. The maximum absolute atomic E-state index is 11.0. The minimum atomic E-state index is -0.903. The summed E-state index contributed by atoms with van der Waals surface area (Å²) in [5, 5.41) is 13.6. The van der Waals surface area contributed by atoms with Crippen LogP contribution in [0.3, 0.4) is 0 Å². The van der Waals surface area contributed by atoms with Crippen molar-refractivity contribution in [3.63, 3.8) is 0 Å². The number of aryl methyl sites for hydroxylation is 1. The highest BCUT2D eigenvalue weighted by molar-refractivity contribution is 5.83. The summed E-state index contributed by atoms with van der Waals surface area (Å²) in [6.45, 7) is 0. The molecule has 0 unspecified atom stereocenters. The summed E-state index contributed by atoms with van der Waals surface area (Å²) in [7, 11) is 1.87. The number of carbonyl (C=O) groups is 1. The summed E-state index contributed by atoms with van der Waals surface area (Å²) in [5.41, 5.74) is 2.97. The molecular weight excluding hydrogens is 330 g/mol. The Bertz CT molecular complexity index is 1070. The van der Waals surface area contributed by atoms with E-state index in [9.17, 15) is 4.79 Å². The number of aliphatic carboxylic acids is 1. The maximum Gasteiger partial charge on any atom is 0.309 e. The van der Waals surface area contributed by atoms with Crippen LogP contribution in [0.4, 0.5) is 17.2 Å². The van der Waals surface area contributed by atoms with Gasteiger partial charge in [-0.15, -0.1) is 0 Å². The molecule has 26 heavy (non-hydrogen) atoms. The van der Waals surface area contributed by atoms with Gasteiger partial charge >= 0.3 is 5.97 Å². The standard InChI is InChI=1S/C19H17N5O2/c1-22-11-9-17(21-22)24(15-6-3-2-4-7-15)16-8-5-10-23-13-14(12-18(25)26)20-19(16)23/h2-11,13H,12H2,1H3,(H,25,26). The van der Waals surface area contributed by atoms with Crippen molar-refractivity contribution < 1.29 is 9.90 Å². The van der Waals surface area contributed by atoms with Gasteiger partial charge in [0.1, 0.15) is 0 Å². The van der Waals surface area contributed by atoms with Crippen molar-refractivity contribution in [3.05, 3.63) is 72.8 Å². The third-order valence-electron chi connectivity index (χ3n) is 4.03. The number of rotatable bonds is 5. The Morgan fingerprint density at radius 3 is 2.62 bits per heavy atom. The third-order valence-corrected chi connectivity index (χ3v) is 4.03. The molecule has 7 heteroatoms. The van der Waals surface area contributed by atoms with Gasteiger partial charge in [0.2, 0.25) is 0 Å². The molecule has 130 valence electrons. The van der Waals surface area contributed by atoms with Crippen LogP contribution in [0.1, 0.15) is 5.69 Å². The van der Waals surface area contributed by atoms with Gasteiger partial charge in [-0.05, 0) is 24.3 Å². The molecule has 7 nitrogen and oxygen atoms in total. The number of pyridine rings is 1. The van der Waals surface area contributed by atoms with Crippen LogP contribution >= 0.6 is 0 Å².